The molecule has 41 heavy (non-hydrogen) atoms. The Morgan fingerprint density at radius 3 is 2.24 bits per heavy atom. The van der Waals surface area contributed by atoms with Gasteiger partial charge in [-0.1, -0.05) is 0 Å². The van der Waals surface area contributed by atoms with Gasteiger partial charge in [-0.3, -0.25) is 14.4 Å². The van der Waals surface area contributed by atoms with Crippen molar-refractivity contribution in [2.24, 2.45) is 5.92 Å². The van der Waals surface area contributed by atoms with Gasteiger partial charge in [0.05, 0.1) is 30.3 Å². The van der Waals surface area contributed by atoms with Crippen LogP contribution < -0.4 is 20.1 Å². The number of alkyl halides is 3. The highest BCUT2D eigenvalue weighted by Crippen LogP contribution is 2.35. The van der Waals surface area contributed by atoms with Crippen LogP contribution in [0.15, 0.2) is 41.6 Å². The molecular formula is C28H27F5N2O6. The van der Waals surface area contributed by atoms with Crippen molar-refractivity contribution in [1.82, 2.24) is 5.32 Å². The zero-order chi connectivity index (χ0) is 29.9. The van der Waals surface area contributed by atoms with Crippen LogP contribution in [0.4, 0.5) is 27.6 Å². The minimum Gasteiger partial charge on any atom is -0.496 e. The van der Waals surface area contributed by atoms with Crippen molar-refractivity contribution in [2.75, 3.05) is 12.4 Å². The molecule has 0 aromatic heterocycles. The molecule has 0 atom stereocenters. The van der Waals surface area contributed by atoms with Crippen molar-refractivity contribution >= 4 is 23.5 Å². The zero-order valence-corrected chi connectivity index (χ0v) is 21.9. The third kappa shape index (κ3) is 6.95. The smallest absolute Gasteiger partial charge is 0.419 e. The van der Waals surface area contributed by atoms with E-state index in [0.29, 0.717) is 44.2 Å². The van der Waals surface area contributed by atoms with Gasteiger partial charge in [-0.25, -0.2) is 8.78 Å². The number of carbonyl (C=O) groups is 3. The molecule has 4 rings (SSSR count). The van der Waals surface area contributed by atoms with Crippen LogP contribution in [-0.4, -0.2) is 36.1 Å². The van der Waals surface area contributed by atoms with Crippen molar-refractivity contribution in [1.29, 1.82) is 0 Å². The molecular weight excluding hydrogens is 555 g/mol. The van der Waals surface area contributed by atoms with Crippen LogP contribution in [0, 0.1) is 17.6 Å². The lowest BCUT2D eigenvalue weighted by Crippen LogP contribution is -2.28. The third-order valence-electron chi connectivity index (χ3n) is 7.10. The first-order chi connectivity index (χ1) is 19.4. The molecule has 2 aliphatic carbocycles. The van der Waals surface area contributed by atoms with Crippen molar-refractivity contribution in [3.63, 3.8) is 0 Å². The molecule has 0 heterocycles. The monoisotopic (exact) mass is 582 g/mol. The molecule has 0 saturated heterocycles. The van der Waals surface area contributed by atoms with Gasteiger partial charge in [0.1, 0.15) is 11.6 Å². The third-order valence-corrected chi connectivity index (χ3v) is 7.10. The minimum absolute atomic E-state index is 0.0874. The predicted molar refractivity (Wildman–Crippen MR) is 135 cm³/mol. The van der Waals surface area contributed by atoms with Crippen LogP contribution in [0.5, 0.6) is 11.5 Å². The molecule has 2 aromatic carbocycles. The van der Waals surface area contributed by atoms with Gasteiger partial charge >= 0.3 is 12.1 Å². The van der Waals surface area contributed by atoms with Gasteiger partial charge in [-0.05, 0) is 69.2 Å². The number of carboxylic acid groups (broad SMARTS) is 1. The standard InChI is InChI=1S/C28H27F5N2O6/c1-40-23-13-21(30)24(41-16-8-5-14(6-9-16)27(38)39)12-18(23)26(37)35-22-4-2-3-17(22)25(36)34-15-7-10-20(29)19(11-15)28(31,32)33/h7,10-14,16H,2-6,8-9H2,1H3,(H,34,36)(H,35,37)(H,38,39). The normalized spacial score (nSPS) is 19.1. The molecule has 0 spiro atoms. The van der Waals surface area contributed by atoms with E-state index in [2.05, 4.69) is 10.6 Å². The van der Waals surface area contributed by atoms with E-state index >= 15 is 0 Å². The van der Waals surface area contributed by atoms with Crippen LogP contribution in [-0.2, 0) is 15.8 Å². The maximum Gasteiger partial charge on any atom is 0.419 e. The molecule has 0 aliphatic heterocycles. The van der Waals surface area contributed by atoms with Crippen LogP contribution >= 0.6 is 0 Å². The number of hydrogen-bond donors (Lipinski definition) is 3. The number of aliphatic carboxylic acids is 1. The lowest BCUT2D eigenvalue weighted by atomic mass is 9.87. The number of allylic oxidation sites excluding steroid dienone is 1. The second-order valence-corrected chi connectivity index (χ2v) is 9.82. The van der Waals surface area contributed by atoms with E-state index in [1.807, 2.05) is 0 Å². The van der Waals surface area contributed by atoms with E-state index in [0.717, 1.165) is 12.1 Å². The van der Waals surface area contributed by atoms with Crippen molar-refractivity contribution in [2.45, 2.75) is 57.2 Å². The Hall–Kier alpha value is -4.16. The summed E-state index contributed by atoms with van der Waals surface area (Å²) in [6.07, 6.45) is -2.87. The fourth-order valence-corrected chi connectivity index (χ4v) is 4.94. The number of amides is 2. The Bertz CT molecular complexity index is 1380. The Kier molecular flexibility index (Phi) is 8.83. The lowest BCUT2D eigenvalue weighted by molar-refractivity contribution is -0.143. The number of rotatable bonds is 8. The van der Waals surface area contributed by atoms with E-state index in [1.54, 1.807) is 0 Å². The molecule has 3 N–H and O–H groups in total. The van der Waals surface area contributed by atoms with Crippen LogP contribution in [0.25, 0.3) is 0 Å². The summed E-state index contributed by atoms with van der Waals surface area (Å²) in [6.45, 7) is 0. The van der Waals surface area contributed by atoms with Crippen molar-refractivity contribution in [3.8, 4) is 11.5 Å². The number of nitrogens with one attached hydrogen (secondary N) is 2. The number of carbonyl (C=O) groups excluding carboxylic acids is 2. The number of anilines is 1. The summed E-state index contributed by atoms with van der Waals surface area (Å²) in [5.41, 5.74) is -1.53. The summed E-state index contributed by atoms with van der Waals surface area (Å²) in [5.74, 6) is -5.45. The Morgan fingerprint density at radius 1 is 0.902 bits per heavy atom. The Balaban J connectivity index is 1.51. The topological polar surface area (TPSA) is 114 Å². The number of benzene rings is 2. The van der Waals surface area contributed by atoms with Crippen molar-refractivity contribution < 1.29 is 50.9 Å². The quantitative estimate of drug-likeness (QED) is 0.338. The van der Waals surface area contributed by atoms with Crippen molar-refractivity contribution in [3.05, 3.63) is 64.4 Å². The molecule has 13 heteroatoms. The van der Waals surface area contributed by atoms with Crippen LogP contribution in [0.3, 0.4) is 0 Å². The lowest BCUT2D eigenvalue weighted by Gasteiger charge is -2.27. The number of hydrogen-bond acceptors (Lipinski definition) is 5. The molecule has 0 bridgehead atoms. The van der Waals surface area contributed by atoms with Gasteiger partial charge in [0, 0.05) is 23.0 Å². The number of ether oxygens (including phenoxy) is 2. The summed E-state index contributed by atoms with van der Waals surface area (Å²) in [5, 5.41) is 14.1. The van der Waals surface area contributed by atoms with E-state index in [1.165, 1.54) is 13.2 Å². The summed E-state index contributed by atoms with van der Waals surface area (Å²) in [7, 11) is 1.24. The molecule has 2 amide bonds. The van der Waals surface area contributed by atoms with Gasteiger partial charge in [-0.2, -0.15) is 13.2 Å². The molecule has 2 aliphatic rings. The van der Waals surface area contributed by atoms with Gasteiger partial charge in [0.2, 0.25) is 0 Å². The van der Waals surface area contributed by atoms with E-state index < -0.39 is 53.2 Å². The van der Waals surface area contributed by atoms with Crippen LogP contribution in [0.2, 0.25) is 0 Å². The highest BCUT2D eigenvalue weighted by Gasteiger charge is 2.35. The summed E-state index contributed by atoms with van der Waals surface area (Å²) in [6, 6.07) is 4.23. The number of methoxy groups -OCH3 is 1. The average Bonchev–Trinajstić information content (AvgIpc) is 3.38. The van der Waals surface area contributed by atoms with E-state index in [-0.39, 0.29) is 46.9 Å². The summed E-state index contributed by atoms with van der Waals surface area (Å²) < 4.78 is 78.4. The molecule has 220 valence electrons. The first kappa shape index (κ1) is 29.8. The number of halogens is 5. The fraction of sp³-hybridized carbons (Fsp3) is 0.393. The van der Waals surface area contributed by atoms with Gasteiger partial charge in [0.15, 0.2) is 11.6 Å². The first-order valence-corrected chi connectivity index (χ1v) is 12.9. The maximum absolute atomic E-state index is 14.8. The minimum atomic E-state index is -4.95. The fourth-order valence-electron chi connectivity index (χ4n) is 4.94. The van der Waals surface area contributed by atoms with Gasteiger partial charge in [-0.15, -0.1) is 0 Å². The molecule has 0 radical (unpaired) electrons. The highest BCUT2D eigenvalue weighted by atomic mass is 19.4. The number of carboxylic acids is 1. The zero-order valence-electron chi connectivity index (χ0n) is 21.9. The molecule has 8 nitrogen and oxygen atoms in total. The van der Waals surface area contributed by atoms with Gasteiger partial charge in [0.25, 0.3) is 11.8 Å². The largest absolute Gasteiger partial charge is 0.496 e. The van der Waals surface area contributed by atoms with Gasteiger partial charge < -0.3 is 25.2 Å². The second kappa shape index (κ2) is 12.1. The first-order valence-electron chi connectivity index (χ1n) is 12.9. The van der Waals surface area contributed by atoms with E-state index in [9.17, 15) is 36.3 Å². The highest BCUT2D eigenvalue weighted by molar-refractivity contribution is 6.06. The SMILES string of the molecule is COc1cc(F)c(OC2CCC(C(=O)O)CC2)cc1C(=O)NC1=C(C(=O)Nc2ccc(F)c(C(F)(F)F)c2)CCC1. The second-order valence-electron chi connectivity index (χ2n) is 9.82. The van der Waals surface area contributed by atoms with Crippen LogP contribution in [0.1, 0.15) is 60.9 Å². The average molecular weight is 583 g/mol. The Labute approximate surface area is 231 Å². The summed E-state index contributed by atoms with van der Waals surface area (Å²) >= 11 is 0. The molecule has 1 fully saturated rings. The summed E-state index contributed by atoms with van der Waals surface area (Å²) in [4.78, 5) is 37.3. The molecule has 1 saturated carbocycles. The van der Waals surface area contributed by atoms with E-state index in [4.69, 9.17) is 14.6 Å². The maximum atomic E-state index is 14.8. The molecule has 0 unspecified atom stereocenters. The Morgan fingerprint density at radius 2 is 1.61 bits per heavy atom. The predicted octanol–water partition coefficient (Wildman–Crippen LogP) is 5.82. The molecule has 2 aromatic rings.